The summed E-state index contributed by atoms with van der Waals surface area (Å²) in [7, 11) is 0. The summed E-state index contributed by atoms with van der Waals surface area (Å²) in [5.74, 6) is -0.505. The van der Waals surface area contributed by atoms with Crippen molar-refractivity contribution in [3.8, 4) is 0 Å². The first-order valence-electron chi connectivity index (χ1n) is 7.18. The summed E-state index contributed by atoms with van der Waals surface area (Å²) in [5.41, 5.74) is 5.54. The molecule has 0 aliphatic carbocycles. The molecule has 1 saturated heterocycles. The lowest BCUT2D eigenvalue weighted by molar-refractivity contribution is -0.385. The van der Waals surface area contributed by atoms with Gasteiger partial charge in [-0.2, -0.15) is 0 Å². The maximum atomic E-state index is 12.0. The number of nitrogens with one attached hydrogen (secondary N) is 3. The van der Waals surface area contributed by atoms with E-state index in [0.29, 0.717) is 12.1 Å². The van der Waals surface area contributed by atoms with Gasteiger partial charge in [-0.3, -0.25) is 25.8 Å². The van der Waals surface area contributed by atoms with E-state index in [-0.39, 0.29) is 22.5 Å². The summed E-state index contributed by atoms with van der Waals surface area (Å²) in [6.07, 6.45) is 2.15. The Labute approximate surface area is 138 Å². The van der Waals surface area contributed by atoms with Crippen LogP contribution in [0.1, 0.15) is 28.8 Å². The van der Waals surface area contributed by atoms with Crippen molar-refractivity contribution in [1.82, 2.24) is 16.2 Å². The Morgan fingerprint density at radius 3 is 2.91 bits per heavy atom. The zero-order valence-electron chi connectivity index (χ0n) is 12.6. The third-order valence-electron chi connectivity index (χ3n) is 3.47. The number of benzene rings is 1. The first-order valence-corrected chi connectivity index (χ1v) is 7.59. The molecule has 0 unspecified atom stereocenters. The Bertz CT molecular complexity index is 617. The summed E-state index contributed by atoms with van der Waals surface area (Å²) in [6, 6.07) is 4.28. The second-order valence-electron chi connectivity index (χ2n) is 5.18. The van der Waals surface area contributed by atoms with E-state index in [2.05, 4.69) is 16.2 Å². The highest BCUT2D eigenvalue weighted by Crippen LogP contribution is 2.19. The normalized spacial score (nSPS) is 16.7. The van der Waals surface area contributed by atoms with Crippen LogP contribution in [-0.2, 0) is 4.74 Å². The van der Waals surface area contributed by atoms with Gasteiger partial charge in [-0.25, -0.2) is 0 Å². The van der Waals surface area contributed by atoms with Crippen molar-refractivity contribution in [3.05, 3.63) is 39.4 Å². The van der Waals surface area contributed by atoms with Crippen molar-refractivity contribution in [2.24, 2.45) is 0 Å². The van der Waals surface area contributed by atoms with Gasteiger partial charge < -0.3 is 10.1 Å². The molecule has 1 aliphatic heterocycles. The number of hydrogen-bond donors (Lipinski definition) is 3. The third-order valence-corrected chi connectivity index (χ3v) is 3.72. The molecule has 1 atom stereocenters. The molecule has 9 heteroatoms. The number of carbonyl (C=O) groups excluding carboxylic acids is 1. The first kappa shape index (κ1) is 17.1. The van der Waals surface area contributed by atoms with Gasteiger partial charge in [0.25, 0.3) is 11.6 Å². The lowest BCUT2D eigenvalue weighted by Gasteiger charge is -2.14. The Balaban J connectivity index is 1.83. The molecule has 8 nitrogen and oxygen atoms in total. The molecule has 124 valence electrons. The van der Waals surface area contributed by atoms with E-state index in [1.54, 1.807) is 6.92 Å². The van der Waals surface area contributed by atoms with Gasteiger partial charge in [0, 0.05) is 30.3 Å². The lowest BCUT2D eigenvalue weighted by Crippen LogP contribution is -2.48. The van der Waals surface area contributed by atoms with Gasteiger partial charge in [0.2, 0.25) is 0 Å². The number of hydrogen-bond acceptors (Lipinski definition) is 5. The molecule has 3 N–H and O–H groups in total. The quantitative estimate of drug-likeness (QED) is 0.430. The molecule has 0 bridgehead atoms. The van der Waals surface area contributed by atoms with E-state index in [4.69, 9.17) is 17.0 Å². The van der Waals surface area contributed by atoms with Gasteiger partial charge in [-0.05, 0) is 38.0 Å². The second kappa shape index (κ2) is 7.84. The van der Waals surface area contributed by atoms with E-state index in [1.807, 2.05) is 0 Å². The summed E-state index contributed by atoms with van der Waals surface area (Å²) in [4.78, 5) is 22.4. The Kier molecular flexibility index (Phi) is 5.83. The molecule has 0 spiro atoms. The number of rotatable bonds is 4. The summed E-state index contributed by atoms with van der Waals surface area (Å²) in [5, 5.41) is 14.1. The van der Waals surface area contributed by atoms with Crippen LogP contribution in [0, 0.1) is 17.0 Å². The zero-order valence-corrected chi connectivity index (χ0v) is 13.4. The fourth-order valence-corrected chi connectivity index (χ4v) is 2.32. The number of hydrazine groups is 1. The van der Waals surface area contributed by atoms with E-state index in [9.17, 15) is 14.9 Å². The van der Waals surface area contributed by atoms with E-state index in [1.165, 1.54) is 18.2 Å². The number of thiocarbonyl (C=S) groups is 1. The van der Waals surface area contributed by atoms with Crippen LogP contribution in [0.4, 0.5) is 5.69 Å². The van der Waals surface area contributed by atoms with Crippen LogP contribution >= 0.6 is 12.2 Å². The number of nitro benzene ring substituents is 1. The molecule has 1 aromatic carbocycles. The molecule has 0 saturated carbocycles. The SMILES string of the molecule is Cc1ccc(C(=O)NNC(=S)NC[C@@H]2CCCO2)cc1[N+](=O)[O-]. The van der Waals surface area contributed by atoms with Crippen LogP contribution in [0.3, 0.4) is 0 Å². The standard InChI is InChI=1S/C14H18N4O4S/c1-9-4-5-10(7-12(9)18(20)21)13(19)16-17-14(23)15-8-11-3-2-6-22-11/h4-5,7,11H,2-3,6,8H2,1H3,(H,16,19)(H2,15,17,23)/t11-/m0/s1. The van der Waals surface area contributed by atoms with Crippen molar-refractivity contribution in [2.75, 3.05) is 13.2 Å². The molecule has 1 heterocycles. The highest BCUT2D eigenvalue weighted by atomic mass is 32.1. The number of nitrogens with zero attached hydrogens (tertiary/aromatic N) is 1. The molecular weight excluding hydrogens is 320 g/mol. The predicted molar refractivity (Wildman–Crippen MR) is 88.0 cm³/mol. The molecule has 1 fully saturated rings. The lowest BCUT2D eigenvalue weighted by atomic mass is 10.1. The molecule has 23 heavy (non-hydrogen) atoms. The van der Waals surface area contributed by atoms with Crippen LogP contribution in [0.5, 0.6) is 0 Å². The van der Waals surface area contributed by atoms with Crippen molar-refractivity contribution in [2.45, 2.75) is 25.9 Å². The number of amides is 1. The zero-order chi connectivity index (χ0) is 16.8. The molecule has 2 rings (SSSR count). The minimum atomic E-state index is -0.521. The van der Waals surface area contributed by atoms with E-state index < -0.39 is 10.8 Å². The maximum Gasteiger partial charge on any atom is 0.273 e. The van der Waals surface area contributed by atoms with Gasteiger partial charge in [-0.15, -0.1) is 0 Å². The van der Waals surface area contributed by atoms with Gasteiger partial charge >= 0.3 is 0 Å². The molecular formula is C14H18N4O4S. The minimum Gasteiger partial charge on any atom is -0.376 e. The van der Waals surface area contributed by atoms with E-state index in [0.717, 1.165) is 19.4 Å². The van der Waals surface area contributed by atoms with Gasteiger partial charge in [0.15, 0.2) is 5.11 Å². The van der Waals surface area contributed by atoms with Gasteiger partial charge in [0.05, 0.1) is 11.0 Å². The van der Waals surface area contributed by atoms with Crippen LogP contribution in [0.15, 0.2) is 18.2 Å². The predicted octanol–water partition coefficient (Wildman–Crippen LogP) is 1.19. The van der Waals surface area contributed by atoms with Crippen molar-refractivity contribution in [1.29, 1.82) is 0 Å². The fraction of sp³-hybridized carbons (Fsp3) is 0.429. The van der Waals surface area contributed by atoms with Crippen molar-refractivity contribution in [3.63, 3.8) is 0 Å². The number of ether oxygens (including phenoxy) is 1. The number of nitro groups is 1. The summed E-state index contributed by atoms with van der Waals surface area (Å²) in [6.45, 7) is 2.94. The third kappa shape index (κ3) is 4.86. The Morgan fingerprint density at radius 1 is 1.48 bits per heavy atom. The first-order chi connectivity index (χ1) is 11.0. The number of carbonyl (C=O) groups is 1. The fourth-order valence-electron chi connectivity index (χ4n) is 2.19. The van der Waals surface area contributed by atoms with Crippen molar-refractivity contribution >= 4 is 28.9 Å². The van der Waals surface area contributed by atoms with Crippen molar-refractivity contribution < 1.29 is 14.5 Å². The Morgan fingerprint density at radius 2 is 2.26 bits per heavy atom. The minimum absolute atomic E-state index is 0.100. The average molecular weight is 338 g/mol. The smallest absolute Gasteiger partial charge is 0.273 e. The summed E-state index contributed by atoms with van der Waals surface area (Å²) < 4.78 is 5.44. The molecule has 1 aliphatic rings. The largest absolute Gasteiger partial charge is 0.376 e. The highest BCUT2D eigenvalue weighted by molar-refractivity contribution is 7.80. The second-order valence-corrected chi connectivity index (χ2v) is 5.59. The van der Waals surface area contributed by atoms with Crippen LogP contribution < -0.4 is 16.2 Å². The van der Waals surface area contributed by atoms with Crippen LogP contribution in [0.2, 0.25) is 0 Å². The maximum absolute atomic E-state index is 12.0. The number of aryl methyl sites for hydroxylation is 1. The van der Waals surface area contributed by atoms with Gasteiger partial charge in [-0.1, -0.05) is 6.07 Å². The van der Waals surface area contributed by atoms with Gasteiger partial charge in [0.1, 0.15) is 0 Å². The summed E-state index contributed by atoms with van der Waals surface area (Å²) >= 11 is 5.04. The van der Waals surface area contributed by atoms with E-state index >= 15 is 0 Å². The molecule has 0 aromatic heterocycles. The highest BCUT2D eigenvalue weighted by Gasteiger charge is 2.16. The van der Waals surface area contributed by atoms with Crippen LogP contribution in [0.25, 0.3) is 0 Å². The Hall–Kier alpha value is -2.26. The van der Waals surface area contributed by atoms with Crippen LogP contribution in [-0.4, -0.2) is 35.2 Å². The molecule has 1 amide bonds. The monoisotopic (exact) mass is 338 g/mol. The molecule has 0 radical (unpaired) electrons. The molecule has 1 aromatic rings. The topological polar surface area (TPSA) is 106 Å². The average Bonchev–Trinajstić information content (AvgIpc) is 3.04.